The van der Waals surface area contributed by atoms with Crippen LogP contribution in [0.1, 0.15) is 29.0 Å². The molecule has 6 nitrogen and oxygen atoms in total. The molecular weight excluding hydrogens is 709 g/mol. The van der Waals surface area contributed by atoms with E-state index >= 15 is 0 Å². The quantitative estimate of drug-likeness (QED) is 0.184. The highest BCUT2D eigenvalue weighted by molar-refractivity contribution is 6.19. The first-order chi connectivity index (χ1) is 28.7. The highest BCUT2D eigenvalue weighted by Gasteiger charge is 2.27. The summed E-state index contributed by atoms with van der Waals surface area (Å²) in [7, 11) is 0. The van der Waals surface area contributed by atoms with E-state index in [4.69, 9.17) is 9.98 Å². The van der Waals surface area contributed by atoms with Gasteiger partial charge in [0.05, 0.1) is 22.1 Å². The van der Waals surface area contributed by atoms with E-state index in [1.165, 1.54) is 48.6 Å². The lowest BCUT2D eigenvalue weighted by Crippen LogP contribution is -2.45. The Balaban J connectivity index is 1.04. The van der Waals surface area contributed by atoms with Crippen LogP contribution >= 0.6 is 0 Å². The number of nitrogens with zero attached hydrogens (tertiary/aromatic N) is 4. The third kappa shape index (κ3) is 5.23. The van der Waals surface area contributed by atoms with Crippen LogP contribution in [-0.2, 0) is 0 Å². The Morgan fingerprint density at radius 1 is 0.431 bits per heavy atom. The van der Waals surface area contributed by atoms with Crippen LogP contribution < -0.4 is 10.6 Å². The van der Waals surface area contributed by atoms with Crippen LogP contribution in [0.25, 0.3) is 76.7 Å². The number of hydrogen-bond donors (Lipinski definition) is 2. The molecule has 2 unspecified atom stereocenters. The minimum atomic E-state index is -0.282. The van der Waals surface area contributed by atoms with Gasteiger partial charge < -0.3 is 9.88 Å². The minimum absolute atomic E-state index is 0.188. The molecule has 0 fully saturated rings. The molecule has 2 N–H and O–H groups in total. The Morgan fingerprint density at radius 2 is 1.02 bits per heavy atom. The van der Waals surface area contributed by atoms with E-state index < -0.39 is 0 Å². The fourth-order valence-electron chi connectivity index (χ4n) is 9.03. The Kier molecular flexibility index (Phi) is 7.33. The maximum absolute atomic E-state index is 5.38. The lowest BCUT2D eigenvalue weighted by Gasteiger charge is -2.32. The molecule has 3 aromatic heterocycles. The number of aliphatic imine (C=N–C) groups is 1. The summed E-state index contributed by atoms with van der Waals surface area (Å²) in [5, 5.41) is 17.3. The van der Waals surface area contributed by atoms with Gasteiger partial charge in [0.2, 0.25) is 0 Å². The van der Waals surface area contributed by atoms with Crippen LogP contribution in [0.3, 0.4) is 0 Å². The van der Waals surface area contributed by atoms with Crippen molar-refractivity contribution in [3.63, 3.8) is 0 Å². The summed E-state index contributed by atoms with van der Waals surface area (Å²) < 4.78 is 4.69. The predicted octanol–water partition coefficient (Wildman–Crippen LogP) is 11.9. The van der Waals surface area contributed by atoms with Gasteiger partial charge in [-0.15, -0.1) is 0 Å². The number of nitrogens with one attached hydrogen (secondary N) is 2. The van der Waals surface area contributed by atoms with E-state index in [-0.39, 0.29) is 12.3 Å². The summed E-state index contributed by atoms with van der Waals surface area (Å²) in [6, 6.07) is 67.3. The van der Waals surface area contributed by atoms with Gasteiger partial charge in [0.1, 0.15) is 24.0 Å². The first kappa shape index (κ1) is 32.7. The van der Waals surface area contributed by atoms with Gasteiger partial charge in [-0.25, -0.2) is 9.98 Å². The zero-order valence-corrected chi connectivity index (χ0v) is 31.4. The fourth-order valence-corrected chi connectivity index (χ4v) is 9.03. The topological polar surface area (TPSA) is 59.2 Å². The van der Waals surface area contributed by atoms with E-state index in [9.17, 15) is 0 Å². The summed E-state index contributed by atoms with van der Waals surface area (Å²) in [6.45, 7) is 0. The molecule has 4 heterocycles. The third-order valence-electron chi connectivity index (χ3n) is 11.8. The normalized spacial score (nSPS) is 15.8. The van der Waals surface area contributed by atoms with Crippen molar-refractivity contribution in [3.05, 3.63) is 211 Å². The summed E-state index contributed by atoms with van der Waals surface area (Å²) >= 11 is 0. The average Bonchev–Trinajstić information content (AvgIpc) is 3.80. The molecule has 0 bridgehead atoms. The number of fused-ring (bicyclic) bond motifs is 8. The van der Waals surface area contributed by atoms with Gasteiger partial charge in [-0.2, -0.15) is 0 Å². The molecule has 8 aromatic carbocycles. The van der Waals surface area contributed by atoms with Crippen LogP contribution in [0.4, 0.5) is 0 Å². The van der Waals surface area contributed by atoms with Crippen LogP contribution in [0.2, 0.25) is 0 Å². The second-order valence-electron chi connectivity index (χ2n) is 15.2. The van der Waals surface area contributed by atoms with Crippen LogP contribution in [0, 0.1) is 0 Å². The number of pyridine rings is 1. The number of hydrogen-bond acceptors (Lipinski definition) is 4. The van der Waals surface area contributed by atoms with E-state index in [0.717, 1.165) is 50.6 Å². The zero-order chi connectivity index (χ0) is 38.2. The summed E-state index contributed by atoms with van der Waals surface area (Å²) in [5.74, 6) is 1.64. The molecule has 1 aliphatic heterocycles. The van der Waals surface area contributed by atoms with Crippen molar-refractivity contribution in [2.45, 2.75) is 12.3 Å². The number of para-hydroxylation sites is 3. The average molecular weight is 745 g/mol. The molecule has 11 aromatic rings. The van der Waals surface area contributed by atoms with Crippen LogP contribution in [-0.4, -0.2) is 20.0 Å². The second-order valence-corrected chi connectivity index (χ2v) is 15.2. The highest BCUT2D eigenvalue weighted by Crippen LogP contribution is 2.39. The van der Waals surface area contributed by atoms with Crippen molar-refractivity contribution < 1.29 is 0 Å². The molecule has 6 heteroatoms. The standard InChI is InChI=1S/C52H36N6/c1-2-16-40(17-3-1)57-45-20-10-8-18-41(45)43-31-44-42-19-9-11-21-46(42)58(48(44)32-47(43)57)49-30-39(26-27-53-49)52-55-50(37-24-22-33-12-4-6-14-35(33)28-37)54-51(56-52)38-25-23-34-13-5-7-15-36(34)29-38/h1-32,50-51,54H,(H,55,56). The van der Waals surface area contributed by atoms with Crippen LogP contribution in [0.5, 0.6) is 0 Å². The molecule has 274 valence electrons. The Labute approximate surface area is 334 Å². The van der Waals surface area contributed by atoms with Crippen molar-refractivity contribution in [2.75, 3.05) is 0 Å². The summed E-state index contributed by atoms with van der Waals surface area (Å²) in [4.78, 5) is 10.4. The van der Waals surface area contributed by atoms with Gasteiger partial charge in [-0.1, -0.05) is 127 Å². The Hall–Kier alpha value is -7.54. The van der Waals surface area contributed by atoms with Gasteiger partial charge in [0, 0.05) is 39.0 Å². The molecule has 0 radical (unpaired) electrons. The Morgan fingerprint density at radius 3 is 1.74 bits per heavy atom. The molecule has 1 aliphatic rings. The largest absolute Gasteiger partial charge is 0.350 e. The molecule has 0 aliphatic carbocycles. The second kappa shape index (κ2) is 13.0. The number of amidine groups is 1. The van der Waals surface area contributed by atoms with Gasteiger partial charge in [-0.05, 0) is 93.3 Å². The SMILES string of the molecule is c1ccc(-n2c3ccccc3c3cc4c5ccccc5n(-c5cc(C6=NC(c7ccc8ccccc8c7)NC(c7ccc8ccccc8c7)N6)ccn5)c4cc32)cc1. The highest BCUT2D eigenvalue weighted by atomic mass is 15.3. The summed E-state index contributed by atoms with van der Waals surface area (Å²) in [6.07, 6.45) is 1.44. The monoisotopic (exact) mass is 744 g/mol. The first-order valence-corrected chi connectivity index (χ1v) is 19.8. The van der Waals surface area contributed by atoms with Gasteiger partial charge in [-0.3, -0.25) is 9.88 Å². The minimum Gasteiger partial charge on any atom is -0.350 e. The lowest BCUT2D eigenvalue weighted by molar-refractivity contribution is 0.409. The van der Waals surface area contributed by atoms with Gasteiger partial charge in [0.25, 0.3) is 0 Å². The zero-order valence-electron chi connectivity index (χ0n) is 31.4. The fraction of sp³-hybridized carbons (Fsp3) is 0.0385. The van der Waals surface area contributed by atoms with Gasteiger partial charge >= 0.3 is 0 Å². The molecule has 12 rings (SSSR count). The molecule has 58 heavy (non-hydrogen) atoms. The summed E-state index contributed by atoms with van der Waals surface area (Å²) in [5.41, 5.74) is 8.89. The van der Waals surface area contributed by atoms with E-state index in [2.05, 4.69) is 208 Å². The predicted molar refractivity (Wildman–Crippen MR) is 239 cm³/mol. The maximum Gasteiger partial charge on any atom is 0.138 e. The maximum atomic E-state index is 5.38. The van der Waals surface area contributed by atoms with E-state index in [0.29, 0.717) is 0 Å². The van der Waals surface area contributed by atoms with Crippen molar-refractivity contribution in [1.82, 2.24) is 24.8 Å². The smallest absolute Gasteiger partial charge is 0.138 e. The Bertz CT molecular complexity index is 3430. The van der Waals surface area contributed by atoms with Crippen LogP contribution in [0.15, 0.2) is 199 Å². The first-order valence-electron chi connectivity index (χ1n) is 19.8. The number of aromatic nitrogens is 3. The molecule has 2 atom stereocenters. The van der Waals surface area contributed by atoms with Crippen molar-refractivity contribution in [3.8, 4) is 11.5 Å². The lowest BCUT2D eigenvalue weighted by atomic mass is 10.0. The number of benzene rings is 8. The van der Waals surface area contributed by atoms with Gasteiger partial charge in [0.15, 0.2) is 0 Å². The third-order valence-corrected chi connectivity index (χ3v) is 11.8. The molecule has 0 amide bonds. The van der Waals surface area contributed by atoms with E-state index in [1.54, 1.807) is 0 Å². The van der Waals surface area contributed by atoms with E-state index in [1.807, 2.05) is 6.20 Å². The van der Waals surface area contributed by atoms with Crippen molar-refractivity contribution in [2.24, 2.45) is 4.99 Å². The number of rotatable bonds is 5. The molecule has 0 saturated carbocycles. The molecular formula is C52H36N6. The molecule has 0 spiro atoms. The molecule has 0 saturated heterocycles. The van der Waals surface area contributed by atoms with Crippen molar-refractivity contribution in [1.29, 1.82) is 0 Å². The van der Waals surface area contributed by atoms with Crippen molar-refractivity contribution >= 4 is 71.0 Å².